The van der Waals surface area contributed by atoms with Gasteiger partial charge in [-0.25, -0.2) is 4.57 Å². The van der Waals surface area contributed by atoms with E-state index >= 15 is 0 Å². The van der Waals surface area contributed by atoms with Crippen LogP contribution in [0.1, 0.15) is 245 Å². The fourth-order valence-corrected chi connectivity index (χ4v) is 9.48. The summed E-state index contributed by atoms with van der Waals surface area (Å²) in [5.41, 5.74) is 0. The molecule has 0 aromatic carbocycles. The fraction of sp³-hybridized carbons (Fsp3) is 0.906. The molecular formula is C53H101O12P. The normalized spacial score (nSPS) is 21.5. The van der Waals surface area contributed by atoms with E-state index in [9.17, 15) is 39.8 Å². The summed E-state index contributed by atoms with van der Waals surface area (Å²) < 4.78 is 34.4. The molecule has 0 heterocycles. The average Bonchev–Trinajstić information content (AvgIpc) is 3.30. The molecule has 0 saturated heterocycles. The first kappa shape index (κ1) is 62.8. The predicted molar refractivity (Wildman–Crippen MR) is 267 cm³/mol. The number of carbonyl (C=O) groups excluding carboxylic acids is 1. The summed E-state index contributed by atoms with van der Waals surface area (Å²) in [6.07, 6.45) is 39.5. The van der Waals surface area contributed by atoms with E-state index in [4.69, 9.17) is 18.5 Å². The molecular weight excluding hydrogens is 860 g/mol. The Morgan fingerprint density at radius 2 is 0.848 bits per heavy atom. The molecule has 0 spiro atoms. The molecule has 6 unspecified atom stereocenters. The van der Waals surface area contributed by atoms with Gasteiger partial charge in [0.15, 0.2) is 0 Å². The van der Waals surface area contributed by atoms with Gasteiger partial charge in [-0.3, -0.25) is 13.8 Å². The zero-order valence-corrected chi connectivity index (χ0v) is 42.9. The Morgan fingerprint density at radius 1 is 0.485 bits per heavy atom. The lowest BCUT2D eigenvalue weighted by atomic mass is 9.85. The molecule has 66 heavy (non-hydrogen) atoms. The quantitative estimate of drug-likeness (QED) is 0.0147. The van der Waals surface area contributed by atoms with Gasteiger partial charge in [0.25, 0.3) is 0 Å². The predicted octanol–water partition coefficient (Wildman–Crippen LogP) is 12.4. The molecule has 390 valence electrons. The van der Waals surface area contributed by atoms with E-state index in [2.05, 4.69) is 38.2 Å². The van der Waals surface area contributed by atoms with Crippen LogP contribution in [-0.2, 0) is 27.9 Å². The van der Waals surface area contributed by atoms with Crippen LogP contribution in [-0.4, -0.2) is 98.9 Å². The second kappa shape index (κ2) is 43.8. The van der Waals surface area contributed by atoms with Gasteiger partial charge in [-0.1, -0.05) is 218 Å². The number of phosphoric ester groups is 1. The van der Waals surface area contributed by atoms with Crippen LogP contribution >= 0.6 is 7.82 Å². The summed E-state index contributed by atoms with van der Waals surface area (Å²) in [7, 11) is -5.02. The lowest BCUT2D eigenvalue weighted by Gasteiger charge is -2.41. The maximum atomic E-state index is 12.9. The molecule has 0 amide bonds. The number of ether oxygens (including phenoxy) is 2. The molecule has 0 bridgehead atoms. The lowest BCUT2D eigenvalue weighted by molar-refractivity contribution is -0.220. The zero-order chi connectivity index (χ0) is 48.4. The van der Waals surface area contributed by atoms with Gasteiger partial charge < -0.3 is 39.9 Å². The highest BCUT2D eigenvalue weighted by Gasteiger charge is 2.51. The number of aliphatic hydroxyl groups is 5. The molecule has 1 saturated carbocycles. The molecule has 0 aromatic heterocycles. The number of carbonyl (C=O) groups is 1. The van der Waals surface area contributed by atoms with E-state index in [1.807, 2.05) is 0 Å². The molecule has 0 aliphatic heterocycles. The summed E-state index contributed by atoms with van der Waals surface area (Å²) in [5.74, 6) is -0.477. The van der Waals surface area contributed by atoms with Crippen molar-refractivity contribution in [1.82, 2.24) is 0 Å². The van der Waals surface area contributed by atoms with Crippen LogP contribution in [0.15, 0.2) is 24.3 Å². The topological polar surface area (TPSA) is 192 Å². The third-order valence-electron chi connectivity index (χ3n) is 12.8. The summed E-state index contributed by atoms with van der Waals surface area (Å²) >= 11 is 0. The van der Waals surface area contributed by atoms with Crippen molar-refractivity contribution >= 4 is 13.8 Å². The Labute approximate surface area is 402 Å². The molecule has 6 N–H and O–H groups in total. The van der Waals surface area contributed by atoms with Crippen molar-refractivity contribution < 1.29 is 58.3 Å². The minimum Gasteiger partial charge on any atom is -0.457 e. The molecule has 6 atom stereocenters. The Kier molecular flexibility index (Phi) is 41.7. The number of phosphoric acid groups is 1. The van der Waals surface area contributed by atoms with Gasteiger partial charge in [0.2, 0.25) is 0 Å². The molecule has 1 fully saturated rings. The highest BCUT2D eigenvalue weighted by molar-refractivity contribution is 7.47. The Bertz CT molecular complexity index is 1190. The molecule has 1 aliphatic carbocycles. The first-order valence-electron chi connectivity index (χ1n) is 27.2. The van der Waals surface area contributed by atoms with E-state index in [-0.39, 0.29) is 13.0 Å². The first-order chi connectivity index (χ1) is 32.0. The van der Waals surface area contributed by atoms with Crippen LogP contribution in [0, 0.1) is 0 Å². The number of hydrogen-bond acceptors (Lipinski definition) is 11. The molecule has 1 rings (SSSR count). The van der Waals surface area contributed by atoms with E-state index in [0.29, 0.717) is 13.0 Å². The zero-order valence-electron chi connectivity index (χ0n) is 42.0. The summed E-state index contributed by atoms with van der Waals surface area (Å²) in [6.45, 7) is 4.29. The Balaban J connectivity index is 2.31. The second-order valence-electron chi connectivity index (χ2n) is 19.1. The molecule has 0 aromatic rings. The van der Waals surface area contributed by atoms with Crippen LogP contribution in [0.4, 0.5) is 0 Å². The highest BCUT2D eigenvalue weighted by atomic mass is 31.2. The van der Waals surface area contributed by atoms with Crippen molar-refractivity contribution in [3.63, 3.8) is 0 Å². The van der Waals surface area contributed by atoms with Crippen molar-refractivity contribution in [1.29, 1.82) is 0 Å². The highest BCUT2D eigenvalue weighted by Crippen LogP contribution is 2.47. The van der Waals surface area contributed by atoms with Gasteiger partial charge in [0.05, 0.1) is 13.2 Å². The molecule has 0 radical (unpaired) electrons. The summed E-state index contributed by atoms with van der Waals surface area (Å²) in [4.78, 5) is 23.3. The molecule has 1 aliphatic rings. The van der Waals surface area contributed by atoms with Crippen molar-refractivity contribution in [2.24, 2.45) is 0 Å². The van der Waals surface area contributed by atoms with Gasteiger partial charge in [0.1, 0.15) is 42.7 Å². The minimum atomic E-state index is -5.02. The van der Waals surface area contributed by atoms with Crippen molar-refractivity contribution in [2.75, 3.05) is 19.8 Å². The minimum absolute atomic E-state index is 0.0735. The molecule has 13 heteroatoms. The van der Waals surface area contributed by atoms with Crippen LogP contribution in [0.2, 0.25) is 0 Å². The monoisotopic (exact) mass is 961 g/mol. The average molecular weight is 961 g/mol. The second-order valence-corrected chi connectivity index (χ2v) is 20.5. The number of allylic oxidation sites excluding steroid dienone is 4. The van der Waals surface area contributed by atoms with Gasteiger partial charge >= 0.3 is 13.8 Å². The van der Waals surface area contributed by atoms with E-state index in [1.54, 1.807) is 0 Å². The van der Waals surface area contributed by atoms with Crippen LogP contribution in [0.25, 0.3) is 0 Å². The summed E-state index contributed by atoms with van der Waals surface area (Å²) in [5, 5.41) is 50.3. The largest absolute Gasteiger partial charge is 0.472 e. The number of aliphatic hydroxyl groups excluding tert-OH is 5. The third kappa shape index (κ3) is 35.0. The number of unbranched alkanes of at least 4 members (excludes halogenated alkanes) is 31. The van der Waals surface area contributed by atoms with Crippen molar-refractivity contribution in [3.8, 4) is 0 Å². The van der Waals surface area contributed by atoms with E-state index in [1.165, 1.54) is 167 Å². The van der Waals surface area contributed by atoms with Gasteiger partial charge in [-0.05, 0) is 44.9 Å². The van der Waals surface area contributed by atoms with Crippen LogP contribution in [0.5, 0.6) is 0 Å². The van der Waals surface area contributed by atoms with E-state index < -0.39 is 63.1 Å². The fourth-order valence-electron chi connectivity index (χ4n) is 8.51. The smallest absolute Gasteiger partial charge is 0.457 e. The number of hydrogen-bond donors (Lipinski definition) is 6. The SMILES string of the molecule is CCCCCCC/C=C\C/C=C\CCCCCCCCCCCC(=O)OC(COCCCCCCCCCCCCCCCCCCCC)COP(=O)(O)OC1C(O)C(O)C(O)C(O)C1O. The van der Waals surface area contributed by atoms with Crippen LogP contribution < -0.4 is 0 Å². The van der Waals surface area contributed by atoms with Gasteiger partial charge in [-0.15, -0.1) is 0 Å². The third-order valence-corrected chi connectivity index (χ3v) is 13.8. The maximum absolute atomic E-state index is 12.9. The molecule has 12 nitrogen and oxygen atoms in total. The Morgan fingerprint density at radius 3 is 1.27 bits per heavy atom. The number of esters is 1. The van der Waals surface area contributed by atoms with E-state index in [0.717, 1.165) is 51.4 Å². The van der Waals surface area contributed by atoms with Gasteiger partial charge in [0, 0.05) is 13.0 Å². The Hall–Kier alpha value is -1.18. The van der Waals surface area contributed by atoms with Gasteiger partial charge in [-0.2, -0.15) is 0 Å². The van der Waals surface area contributed by atoms with Crippen molar-refractivity contribution in [2.45, 2.75) is 288 Å². The lowest BCUT2D eigenvalue weighted by Crippen LogP contribution is -2.64. The van der Waals surface area contributed by atoms with Crippen molar-refractivity contribution in [3.05, 3.63) is 24.3 Å². The maximum Gasteiger partial charge on any atom is 0.472 e. The first-order valence-corrected chi connectivity index (χ1v) is 28.7. The number of rotatable bonds is 47. The summed E-state index contributed by atoms with van der Waals surface area (Å²) in [6, 6.07) is 0. The standard InChI is InChI=1S/C53H101O12P/c1-3-5-7-9-11-13-15-17-19-21-23-24-25-26-28-30-32-34-36-38-40-42-47(54)64-46(45-63-66(60,61)65-53-51(58)49(56)48(55)50(57)52(53)59)44-62-43-41-39-37-35-33-31-29-27-22-20-18-16-14-12-10-8-6-4-2/h15,17,21,23,46,48-53,55-59H,3-14,16,18-20,22,24-45H2,1-2H3,(H,60,61)/b17-15-,23-21-. The van der Waals surface area contributed by atoms with Crippen LogP contribution in [0.3, 0.4) is 0 Å².